The SMILES string of the molecule is CCOC(=O)CC[C@@H]1CCc2ccc(O)cc2O1. The Morgan fingerprint density at radius 1 is 1.56 bits per heavy atom. The summed E-state index contributed by atoms with van der Waals surface area (Å²) in [4.78, 5) is 11.3. The van der Waals surface area contributed by atoms with Crippen molar-refractivity contribution in [2.75, 3.05) is 6.61 Å². The Morgan fingerprint density at radius 3 is 3.17 bits per heavy atom. The van der Waals surface area contributed by atoms with E-state index in [4.69, 9.17) is 9.47 Å². The topological polar surface area (TPSA) is 55.8 Å². The molecule has 0 bridgehead atoms. The number of benzene rings is 1. The number of esters is 1. The van der Waals surface area contributed by atoms with E-state index >= 15 is 0 Å². The minimum atomic E-state index is -0.178. The lowest BCUT2D eigenvalue weighted by Crippen LogP contribution is -2.23. The van der Waals surface area contributed by atoms with Gasteiger partial charge in [-0.3, -0.25) is 4.79 Å². The molecular formula is C14H18O4. The molecule has 1 atom stereocenters. The van der Waals surface area contributed by atoms with Crippen LogP contribution < -0.4 is 4.74 Å². The predicted molar refractivity (Wildman–Crippen MR) is 66.7 cm³/mol. The predicted octanol–water partition coefficient (Wildman–Crippen LogP) is 2.43. The van der Waals surface area contributed by atoms with E-state index in [1.807, 2.05) is 6.07 Å². The quantitative estimate of drug-likeness (QED) is 0.834. The van der Waals surface area contributed by atoms with Crippen LogP contribution in [0.3, 0.4) is 0 Å². The Labute approximate surface area is 107 Å². The van der Waals surface area contributed by atoms with Crippen LogP contribution in [0, 0.1) is 0 Å². The molecule has 18 heavy (non-hydrogen) atoms. The smallest absolute Gasteiger partial charge is 0.305 e. The molecule has 4 heteroatoms. The number of hydrogen-bond acceptors (Lipinski definition) is 4. The van der Waals surface area contributed by atoms with Crippen LogP contribution >= 0.6 is 0 Å². The van der Waals surface area contributed by atoms with E-state index < -0.39 is 0 Å². The van der Waals surface area contributed by atoms with Crippen molar-refractivity contribution in [3.8, 4) is 11.5 Å². The number of aryl methyl sites for hydroxylation is 1. The molecule has 98 valence electrons. The van der Waals surface area contributed by atoms with Gasteiger partial charge < -0.3 is 14.6 Å². The van der Waals surface area contributed by atoms with Crippen molar-refractivity contribution in [2.24, 2.45) is 0 Å². The van der Waals surface area contributed by atoms with Crippen molar-refractivity contribution >= 4 is 5.97 Å². The van der Waals surface area contributed by atoms with Gasteiger partial charge in [0.2, 0.25) is 0 Å². The van der Waals surface area contributed by atoms with Gasteiger partial charge in [-0.25, -0.2) is 0 Å². The summed E-state index contributed by atoms with van der Waals surface area (Å²) in [5.74, 6) is 0.762. The van der Waals surface area contributed by atoms with E-state index in [0.29, 0.717) is 19.4 Å². The van der Waals surface area contributed by atoms with Gasteiger partial charge in [-0.05, 0) is 37.8 Å². The highest BCUT2D eigenvalue weighted by molar-refractivity contribution is 5.69. The highest BCUT2D eigenvalue weighted by Gasteiger charge is 2.21. The molecule has 0 radical (unpaired) electrons. The van der Waals surface area contributed by atoms with Gasteiger partial charge in [-0.1, -0.05) is 6.07 Å². The molecule has 2 rings (SSSR count). The molecule has 0 amide bonds. The van der Waals surface area contributed by atoms with Gasteiger partial charge in [-0.15, -0.1) is 0 Å². The Kier molecular flexibility index (Phi) is 4.07. The molecule has 4 nitrogen and oxygen atoms in total. The molecule has 0 aliphatic carbocycles. The van der Waals surface area contributed by atoms with Gasteiger partial charge in [0.05, 0.1) is 12.7 Å². The first-order valence-corrected chi connectivity index (χ1v) is 6.33. The lowest BCUT2D eigenvalue weighted by atomic mass is 9.99. The van der Waals surface area contributed by atoms with E-state index in [-0.39, 0.29) is 17.8 Å². The van der Waals surface area contributed by atoms with Crippen molar-refractivity contribution in [3.05, 3.63) is 23.8 Å². The summed E-state index contributed by atoms with van der Waals surface area (Å²) in [6.07, 6.45) is 2.89. The fraction of sp³-hybridized carbons (Fsp3) is 0.500. The third kappa shape index (κ3) is 3.15. The molecule has 1 N–H and O–H groups in total. The van der Waals surface area contributed by atoms with Gasteiger partial charge >= 0.3 is 5.97 Å². The first-order valence-electron chi connectivity index (χ1n) is 6.33. The number of carbonyl (C=O) groups excluding carboxylic acids is 1. The third-order valence-electron chi connectivity index (χ3n) is 3.06. The number of carbonyl (C=O) groups is 1. The van der Waals surface area contributed by atoms with Gasteiger partial charge in [0.1, 0.15) is 11.5 Å². The van der Waals surface area contributed by atoms with Crippen molar-refractivity contribution < 1.29 is 19.4 Å². The summed E-state index contributed by atoms with van der Waals surface area (Å²) in [6, 6.07) is 5.18. The van der Waals surface area contributed by atoms with Crippen LogP contribution in [0.4, 0.5) is 0 Å². The van der Waals surface area contributed by atoms with E-state index in [0.717, 1.165) is 24.2 Å². The van der Waals surface area contributed by atoms with Crippen molar-refractivity contribution in [2.45, 2.75) is 38.7 Å². The summed E-state index contributed by atoms with van der Waals surface area (Å²) < 4.78 is 10.7. The lowest BCUT2D eigenvalue weighted by Gasteiger charge is -2.26. The number of ether oxygens (including phenoxy) is 2. The number of aromatic hydroxyl groups is 1. The molecule has 1 aliphatic heterocycles. The van der Waals surface area contributed by atoms with Crippen LogP contribution in [-0.2, 0) is 16.0 Å². The lowest BCUT2D eigenvalue weighted by molar-refractivity contribution is -0.143. The highest BCUT2D eigenvalue weighted by atomic mass is 16.5. The highest BCUT2D eigenvalue weighted by Crippen LogP contribution is 2.31. The number of phenolic OH excluding ortho intramolecular Hbond substituents is 1. The summed E-state index contributed by atoms with van der Waals surface area (Å²) in [5, 5.41) is 9.41. The second kappa shape index (κ2) is 5.76. The van der Waals surface area contributed by atoms with Gasteiger partial charge in [0, 0.05) is 12.5 Å². The minimum absolute atomic E-state index is 0.0312. The second-order valence-electron chi connectivity index (χ2n) is 4.41. The van der Waals surface area contributed by atoms with Crippen molar-refractivity contribution in [1.29, 1.82) is 0 Å². The van der Waals surface area contributed by atoms with Gasteiger partial charge in [-0.2, -0.15) is 0 Å². The number of hydrogen-bond donors (Lipinski definition) is 1. The standard InChI is InChI=1S/C14H18O4/c1-2-17-14(16)8-7-12-6-4-10-3-5-11(15)9-13(10)18-12/h3,5,9,12,15H,2,4,6-8H2,1H3/t12-/m0/s1. The zero-order chi connectivity index (χ0) is 13.0. The maximum atomic E-state index is 11.3. The molecule has 0 unspecified atom stereocenters. The first kappa shape index (κ1) is 12.7. The van der Waals surface area contributed by atoms with Crippen molar-refractivity contribution in [3.63, 3.8) is 0 Å². The fourth-order valence-corrected chi connectivity index (χ4v) is 2.13. The van der Waals surface area contributed by atoms with Crippen LogP contribution in [0.2, 0.25) is 0 Å². The molecule has 0 saturated carbocycles. The molecule has 0 saturated heterocycles. The van der Waals surface area contributed by atoms with E-state index in [1.54, 1.807) is 19.1 Å². The number of rotatable bonds is 4. The van der Waals surface area contributed by atoms with Crippen LogP contribution in [-0.4, -0.2) is 23.8 Å². The summed E-state index contributed by atoms with van der Waals surface area (Å²) in [6.45, 7) is 2.22. The van der Waals surface area contributed by atoms with E-state index in [9.17, 15) is 9.90 Å². The molecule has 1 aliphatic rings. The molecule has 0 spiro atoms. The molecule has 1 aromatic rings. The zero-order valence-corrected chi connectivity index (χ0v) is 10.5. The summed E-state index contributed by atoms with van der Waals surface area (Å²) in [5.41, 5.74) is 1.11. The monoisotopic (exact) mass is 250 g/mol. The maximum Gasteiger partial charge on any atom is 0.305 e. The molecule has 0 aromatic heterocycles. The molecule has 1 aromatic carbocycles. The zero-order valence-electron chi connectivity index (χ0n) is 10.5. The molecule has 1 heterocycles. The maximum absolute atomic E-state index is 11.3. The fourth-order valence-electron chi connectivity index (χ4n) is 2.13. The number of fused-ring (bicyclic) bond motifs is 1. The first-order chi connectivity index (χ1) is 8.69. The summed E-state index contributed by atoms with van der Waals surface area (Å²) >= 11 is 0. The Morgan fingerprint density at radius 2 is 2.39 bits per heavy atom. The van der Waals surface area contributed by atoms with Crippen molar-refractivity contribution in [1.82, 2.24) is 0 Å². The van der Waals surface area contributed by atoms with E-state index in [1.165, 1.54) is 0 Å². The summed E-state index contributed by atoms with van der Waals surface area (Å²) in [7, 11) is 0. The molecular weight excluding hydrogens is 232 g/mol. The Balaban J connectivity index is 1.89. The van der Waals surface area contributed by atoms with Gasteiger partial charge in [0.25, 0.3) is 0 Å². The van der Waals surface area contributed by atoms with Crippen LogP contribution in [0.1, 0.15) is 31.7 Å². The number of phenols is 1. The second-order valence-corrected chi connectivity index (χ2v) is 4.41. The largest absolute Gasteiger partial charge is 0.508 e. The van der Waals surface area contributed by atoms with Crippen LogP contribution in [0.5, 0.6) is 11.5 Å². The van der Waals surface area contributed by atoms with Gasteiger partial charge in [0.15, 0.2) is 0 Å². The van der Waals surface area contributed by atoms with Crippen LogP contribution in [0.25, 0.3) is 0 Å². The third-order valence-corrected chi connectivity index (χ3v) is 3.06. The average Bonchev–Trinajstić information content (AvgIpc) is 2.36. The Hall–Kier alpha value is -1.71. The minimum Gasteiger partial charge on any atom is -0.508 e. The normalized spacial score (nSPS) is 17.7. The molecule has 0 fully saturated rings. The average molecular weight is 250 g/mol. The van der Waals surface area contributed by atoms with E-state index in [2.05, 4.69) is 0 Å². The Bertz CT molecular complexity index is 428. The van der Waals surface area contributed by atoms with Crippen LogP contribution in [0.15, 0.2) is 18.2 Å².